The number of rotatable bonds is 4. The molecule has 1 atom stereocenters. The highest BCUT2D eigenvalue weighted by Gasteiger charge is 2.16. The van der Waals surface area contributed by atoms with Gasteiger partial charge in [0.1, 0.15) is 5.82 Å². The maximum Gasteiger partial charge on any atom is 0.123 e. The molecule has 0 heterocycles. The minimum Gasteiger partial charge on any atom is -0.271 e. The second kappa shape index (κ2) is 6.80. The highest BCUT2D eigenvalue weighted by molar-refractivity contribution is 9.10. The molecule has 1 unspecified atom stereocenters. The molecule has 0 radical (unpaired) electrons. The summed E-state index contributed by atoms with van der Waals surface area (Å²) in [5.74, 6) is 5.44. The Morgan fingerprint density at radius 1 is 1.20 bits per heavy atom. The summed E-state index contributed by atoms with van der Waals surface area (Å²) in [5.41, 5.74) is 5.92. The Morgan fingerprint density at radius 3 is 2.65 bits per heavy atom. The largest absolute Gasteiger partial charge is 0.271 e. The Hall–Kier alpha value is -0.750. The quantitative estimate of drug-likeness (QED) is 0.588. The number of nitrogens with two attached hydrogens (primary N) is 1. The summed E-state index contributed by atoms with van der Waals surface area (Å²) < 4.78 is 15.3. The minimum absolute atomic E-state index is 0.0781. The van der Waals surface area contributed by atoms with Gasteiger partial charge in [0.2, 0.25) is 0 Å². The monoisotopic (exact) mass is 400 g/mol. The fraction of sp³-hybridized carbons (Fsp3) is 0.200. The van der Waals surface area contributed by atoms with E-state index in [1.165, 1.54) is 12.1 Å². The average Bonchev–Trinajstić information content (AvgIpc) is 2.43. The summed E-state index contributed by atoms with van der Waals surface area (Å²) in [7, 11) is 0. The van der Waals surface area contributed by atoms with Gasteiger partial charge in [0.25, 0.3) is 0 Å². The van der Waals surface area contributed by atoms with Crippen LogP contribution in [-0.2, 0) is 6.42 Å². The zero-order valence-electron chi connectivity index (χ0n) is 11.0. The maximum atomic E-state index is 13.4. The van der Waals surface area contributed by atoms with Gasteiger partial charge in [-0.2, -0.15) is 0 Å². The fourth-order valence-electron chi connectivity index (χ4n) is 2.18. The third kappa shape index (κ3) is 3.47. The molecular weight excluding hydrogens is 387 g/mol. The van der Waals surface area contributed by atoms with E-state index in [2.05, 4.69) is 37.3 Å². The lowest BCUT2D eigenvalue weighted by Gasteiger charge is -2.20. The molecule has 0 spiro atoms. The van der Waals surface area contributed by atoms with Crippen LogP contribution in [0, 0.1) is 12.7 Å². The van der Waals surface area contributed by atoms with Crippen molar-refractivity contribution in [1.82, 2.24) is 5.43 Å². The van der Waals surface area contributed by atoms with Crippen LogP contribution in [-0.4, -0.2) is 0 Å². The maximum absolute atomic E-state index is 13.4. The zero-order valence-corrected chi connectivity index (χ0v) is 14.1. The third-order valence-electron chi connectivity index (χ3n) is 3.32. The molecule has 0 saturated heterocycles. The SMILES string of the molecule is Cc1c(Br)cccc1C(Cc1cc(F)ccc1Br)NN. The first-order chi connectivity index (χ1) is 9.52. The van der Waals surface area contributed by atoms with Gasteiger partial charge in [0.15, 0.2) is 0 Å². The Kier molecular flexibility index (Phi) is 5.32. The third-order valence-corrected chi connectivity index (χ3v) is 4.95. The highest BCUT2D eigenvalue weighted by Crippen LogP contribution is 2.28. The van der Waals surface area contributed by atoms with Gasteiger partial charge in [-0.25, -0.2) is 4.39 Å². The second-order valence-electron chi connectivity index (χ2n) is 4.61. The van der Waals surface area contributed by atoms with Gasteiger partial charge in [0.05, 0.1) is 6.04 Å². The van der Waals surface area contributed by atoms with E-state index in [0.29, 0.717) is 6.42 Å². The standard InChI is InChI=1S/C15H15Br2FN2/c1-9-12(3-2-4-13(9)16)15(20-19)8-10-7-11(18)5-6-14(10)17/h2-7,15,20H,8,19H2,1H3. The van der Waals surface area contributed by atoms with Crippen LogP contribution in [0.1, 0.15) is 22.7 Å². The molecule has 0 aliphatic carbocycles. The Balaban J connectivity index is 2.34. The molecule has 0 aliphatic rings. The lowest BCUT2D eigenvalue weighted by Crippen LogP contribution is -2.30. The van der Waals surface area contributed by atoms with Gasteiger partial charge < -0.3 is 0 Å². The number of hydrazine groups is 1. The van der Waals surface area contributed by atoms with Gasteiger partial charge in [-0.3, -0.25) is 11.3 Å². The molecule has 2 rings (SSSR count). The Labute approximate surface area is 134 Å². The van der Waals surface area contributed by atoms with Crippen molar-refractivity contribution in [3.05, 3.63) is 67.9 Å². The van der Waals surface area contributed by atoms with Crippen molar-refractivity contribution in [1.29, 1.82) is 0 Å². The second-order valence-corrected chi connectivity index (χ2v) is 6.32. The smallest absolute Gasteiger partial charge is 0.123 e. The normalized spacial score (nSPS) is 12.4. The van der Waals surface area contributed by atoms with Gasteiger partial charge in [-0.15, -0.1) is 0 Å². The molecule has 0 aliphatic heterocycles. The molecule has 0 fully saturated rings. The van der Waals surface area contributed by atoms with E-state index in [9.17, 15) is 4.39 Å². The van der Waals surface area contributed by atoms with Crippen molar-refractivity contribution in [2.24, 2.45) is 5.84 Å². The van der Waals surface area contributed by atoms with Crippen molar-refractivity contribution in [2.45, 2.75) is 19.4 Å². The summed E-state index contributed by atoms with van der Waals surface area (Å²) in [5, 5.41) is 0. The lowest BCUT2D eigenvalue weighted by molar-refractivity contribution is 0.545. The van der Waals surface area contributed by atoms with E-state index in [1.54, 1.807) is 6.07 Å². The Morgan fingerprint density at radius 2 is 1.95 bits per heavy atom. The molecule has 106 valence electrons. The van der Waals surface area contributed by atoms with Gasteiger partial charge in [0, 0.05) is 8.95 Å². The van der Waals surface area contributed by atoms with Crippen LogP contribution in [0.25, 0.3) is 0 Å². The van der Waals surface area contributed by atoms with Crippen molar-refractivity contribution < 1.29 is 4.39 Å². The first kappa shape index (κ1) is 15.6. The first-order valence-electron chi connectivity index (χ1n) is 6.18. The number of halogens is 3. The molecule has 0 saturated carbocycles. The summed E-state index contributed by atoms with van der Waals surface area (Å²) in [4.78, 5) is 0. The molecule has 2 nitrogen and oxygen atoms in total. The lowest BCUT2D eigenvalue weighted by atomic mass is 9.96. The predicted octanol–water partition coefficient (Wildman–Crippen LogP) is 4.41. The van der Waals surface area contributed by atoms with Crippen LogP contribution in [0.5, 0.6) is 0 Å². The predicted molar refractivity (Wildman–Crippen MR) is 86.7 cm³/mol. The molecule has 5 heteroatoms. The average molecular weight is 402 g/mol. The Bertz CT molecular complexity index is 617. The van der Waals surface area contributed by atoms with Crippen molar-refractivity contribution in [2.75, 3.05) is 0 Å². The van der Waals surface area contributed by atoms with E-state index in [-0.39, 0.29) is 11.9 Å². The van der Waals surface area contributed by atoms with E-state index < -0.39 is 0 Å². The van der Waals surface area contributed by atoms with Crippen molar-refractivity contribution in [3.8, 4) is 0 Å². The minimum atomic E-state index is -0.245. The topological polar surface area (TPSA) is 38.0 Å². The van der Waals surface area contributed by atoms with E-state index in [1.807, 2.05) is 25.1 Å². The highest BCUT2D eigenvalue weighted by atomic mass is 79.9. The zero-order chi connectivity index (χ0) is 14.7. The van der Waals surface area contributed by atoms with E-state index in [0.717, 1.165) is 25.6 Å². The number of hydrogen-bond donors (Lipinski definition) is 2. The number of hydrogen-bond acceptors (Lipinski definition) is 2. The van der Waals surface area contributed by atoms with Gasteiger partial charge >= 0.3 is 0 Å². The number of benzene rings is 2. The molecule has 2 aromatic rings. The molecule has 20 heavy (non-hydrogen) atoms. The van der Waals surface area contributed by atoms with Crippen LogP contribution in [0.2, 0.25) is 0 Å². The molecule has 0 amide bonds. The molecule has 2 aromatic carbocycles. The first-order valence-corrected chi connectivity index (χ1v) is 7.76. The molecule has 0 aromatic heterocycles. The van der Waals surface area contributed by atoms with Crippen LogP contribution in [0.4, 0.5) is 4.39 Å². The molecular formula is C15H15Br2FN2. The molecule has 0 bridgehead atoms. The molecule has 3 N–H and O–H groups in total. The fourth-order valence-corrected chi connectivity index (χ4v) is 2.97. The van der Waals surface area contributed by atoms with Crippen molar-refractivity contribution >= 4 is 31.9 Å². The van der Waals surface area contributed by atoms with E-state index in [4.69, 9.17) is 5.84 Å². The summed E-state index contributed by atoms with van der Waals surface area (Å²) >= 11 is 6.97. The van der Waals surface area contributed by atoms with Crippen molar-refractivity contribution in [3.63, 3.8) is 0 Å². The van der Waals surface area contributed by atoms with Crippen LogP contribution in [0.3, 0.4) is 0 Å². The van der Waals surface area contributed by atoms with Crippen LogP contribution >= 0.6 is 31.9 Å². The summed E-state index contributed by atoms with van der Waals surface area (Å²) in [6, 6.07) is 10.6. The van der Waals surface area contributed by atoms with E-state index >= 15 is 0 Å². The summed E-state index contributed by atoms with van der Waals surface area (Å²) in [6.45, 7) is 2.03. The number of nitrogens with one attached hydrogen (secondary N) is 1. The van der Waals surface area contributed by atoms with Crippen LogP contribution in [0.15, 0.2) is 45.3 Å². The van der Waals surface area contributed by atoms with Crippen LogP contribution < -0.4 is 11.3 Å². The van der Waals surface area contributed by atoms with Gasteiger partial charge in [-0.05, 0) is 54.3 Å². The summed E-state index contributed by atoms with van der Waals surface area (Å²) in [6.07, 6.45) is 0.603. The van der Waals surface area contributed by atoms with Gasteiger partial charge in [-0.1, -0.05) is 44.0 Å².